The Hall–Kier alpha value is -3.93. The number of aromatic nitrogens is 1. The second-order valence-electron chi connectivity index (χ2n) is 8.32. The van der Waals surface area contributed by atoms with Crippen LogP contribution in [0.1, 0.15) is 48.1 Å². The lowest BCUT2D eigenvalue weighted by atomic mass is 9.87. The van der Waals surface area contributed by atoms with Crippen molar-refractivity contribution in [1.82, 2.24) is 4.98 Å². The third-order valence-corrected chi connectivity index (χ3v) is 5.81. The van der Waals surface area contributed by atoms with E-state index in [1.807, 2.05) is 61.5 Å². The first-order chi connectivity index (χ1) is 16.6. The molecule has 0 saturated carbocycles. The monoisotopic (exact) mass is 456 g/mol. The molecule has 3 aromatic rings. The van der Waals surface area contributed by atoms with Crippen LogP contribution in [0.25, 0.3) is 0 Å². The smallest absolute Gasteiger partial charge is 0.341 e. The number of carboxylic acid groups (broad SMARTS) is 1. The number of hydrogen-bond donors (Lipinski definition) is 1. The molecule has 0 fully saturated rings. The van der Waals surface area contributed by atoms with E-state index in [0.717, 1.165) is 41.7 Å². The Balaban J connectivity index is 1.41. The van der Waals surface area contributed by atoms with Crippen molar-refractivity contribution < 1.29 is 19.5 Å². The quantitative estimate of drug-likeness (QED) is 0.260. The van der Waals surface area contributed by atoms with Gasteiger partial charge in [0.1, 0.15) is 5.75 Å². The lowest BCUT2D eigenvalue weighted by Crippen LogP contribution is -2.13. The Labute approximate surface area is 199 Å². The van der Waals surface area contributed by atoms with Gasteiger partial charge in [0.2, 0.25) is 0 Å². The number of rotatable bonds is 9. The van der Waals surface area contributed by atoms with E-state index >= 15 is 0 Å². The number of allylic oxidation sites excluding steroid dienone is 2. The van der Waals surface area contributed by atoms with Gasteiger partial charge in [0, 0.05) is 24.4 Å². The maximum absolute atomic E-state index is 10.8. The Kier molecular flexibility index (Phi) is 7.71. The number of benzene rings is 2. The number of carbonyl (C=O) groups is 1. The van der Waals surface area contributed by atoms with Crippen molar-refractivity contribution in [3.63, 3.8) is 0 Å². The molecule has 0 amide bonds. The topological polar surface area (TPSA) is 81.0 Å². The minimum absolute atomic E-state index is 0.294. The third-order valence-electron chi connectivity index (χ3n) is 5.81. The van der Waals surface area contributed by atoms with Crippen LogP contribution in [0.4, 0.5) is 0 Å². The summed E-state index contributed by atoms with van der Waals surface area (Å²) < 4.78 is 5.47. The van der Waals surface area contributed by atoms with Crippen molar-refractivity contribution in [2.24, 2.45) is 5.16 Å². The average Bonchev–Trinajstić information content (AvgIpc) is 2.87. The van der Waals surface area contributed by atoms with Crippen LogP contribution in [0.2, 0.25) is 0 Å². The lowest BCUT2D eigenvalue weighted by Gasteiger charge is -2.21. The van der Waals surface area contributed by atoms with Crippen LogP contribution >= 0.6 is 0 Å². The molecule has 6 nitrogen and oxygen atoms in total. The summed E-state index contributed by atoms with van der Waals surface area (Å²) in [6, 6.07) is 19.8. The highest BCUT2D eigenvalue weighted by atomic mass is 16.6. The van der Waals surface area contributed by atoms with Crippen molar-refractivity contribution in [2.75, 3.05) is 6.61 Å². The second-order valence-corrected chi connectivity index (χ2v) is 8.32. The number of aliphatic carboxylic acids is 1. The number of oxime groups is 1. The molecule has 1 heterocycles. The summed E-state index contributed by atoms with van der Waals surface area (Å²) in [5.41, 5.74) is 6.57. The number of hydrogen-bond acceptors (Lipinski definition) is 5. The number of nitrogens with zero attached hydrogens (tertiary/aromatic N) is 2. The highest BCUT2D eigenvalue weighted by Crippen LogP contribution is 2.32. The molecule has 0 saturated heterocycles. The van der Waals surface area contributed by atoms with E-state index in [1.165, 1.54) is 11.1 Å². The van der Waals surface area contributed by atoms with E-state index in [-0.39, 0.29) is 12.7 Å². The predicted molar refractivity (Wildman–Crippen MR) is 131 cm³/mol. The van der Waals surface area contributed by atoms with Gasteiger partial charge in [0.05, 0.1) is 5.71 Å². The van der Waals surface area contributed by atoms with E-state index in [9.17, 15) is 4.79 Å². The van der Waals surface area contributed by atoms with E-state index in [2.05, 4.69) is 22.3 Å². The van der Waals surface area contributed by atoms with Crippen molar-refractivity contribution in [3.05, 3.63) is 107 Å². The van der Waals surface area contributed by atoms with Crippen molar-refractivity contribution in [3.8, 4) is 5.75 Å². The summed E-state index contributed by atoms with van der Waals surface area (Å²) in [5, 5.41) is 13.3. The molecule has 0 radical (unpaired) electrons. The molecular formula is C28H28N2O4. The minimum Gasteiger partial charge on any atom is -0.482 e. The highest BCUT2D eigenvalue weighted by molar-refractivity contribution is 5.82. The fourth-order valence-electron chi connectivity index (χ4n) is 4.08. The third kappa shape index (κ3) is 6.10. The molecular weight excluding hydrogens is 428 g/mol. The molecule has 4 rings (SSSR count). The summed E-state index contributed by atoms with van der Waals surface area (Å²) in [6.45, 7) is 1.65. The second kappa shape index (κ2) is 11.3. The molecule has 1 aromatic heterocycles. The molecule has 1 aliphatic carbocycles. The zero-order valence-corrected chi connectivity index (χ0v) is 19.2. The predicted octanol–water partition coefficient (Wildman–Crippen LogP) is 5.53. The van der Waals surface area contributed by atoms with Gasteiger partial charge in [-0.1, -0.05) is 59.3 Å². The molecule has 174 valence electrons. The fourth-order valence-corrected chi connectivity index (χ4v) is 4.08. The molecule has 0 spiro atoms. The van der Waals surface area contributed by atoms with Gasteiger partial charge in [-0.05, 0) is 61.1 Å². The Bertz CT molecular complexity index is 1130. The van der Waals surface area contributed by atoms with Gasteiger partial charge in [0.15, 0.2) is 12.7 Å². The summed E-state index contributed by atoms with van der Waals surface area (Å²) in [6.07, 6.45) is 8.73. The average molecular weight is 457 g/mol. The SMILES string of the molecule is CC(CC=C1CCc2c(cccc2OCC(=O)O)C1)=NOC(c1ccccc1)c1ccncc1. The van der Waals surface area contributed by atoms with Gasteiger partial charge in [-0.25, -0.2) is 4.79 Å². The van der Waals surface area contributed by atoms with E-state index in [0.29, 0.717) is 12.2 Å². The van der Waals surface area contributed by atoms with Crippen LogP contribution in [0.3, 0.4) is 0 Å². The Morgan fingerprint density at radius 1 is 1.06 bits per heavy atom. The van der Waals surface area contributed by atoms with Gasteiger partial charge in [-0.15, -0.1) is 0 Å². The van der Waals surface area contributed by atoms with Gasteiger partial charge in [-0.2, -0.15) is 0 Å². The van der Waals surface area contributed by atoms with Crippen LogP contribution in [-0.2, 0) is 22.5 Å². The zero-order chi connectivity index (χ0) is 23.8. The normalized spacial score (nSPS) is 15.4. The molecule has 1 N–H and O–H groups in total. The van der Waals surface area contributed by atoms with E-state index in [1.54, 1.807) is 12.4 Å². The summed E-state index contributed by atoms with van der Waals surface area (Å²) in [5.74, 6) is -0.294. The first-order valence-electron chi connectivity index (χ1n) is 11.4. The Morgan fingerprint density at radius 3 is 2.59 bits per heavy atom. The van der Waals surface area contributed by atoms with Crippen LogP contribution in [0.15, 0.2) is 89.9 Å². The number of fused-ring (bicyclic) bond motifs is 1. The van der Waals surface area contributed by atoms with Crippen LogP contribution in [0, 0.1) is 0 Å². The fraction of sp³-hybridized carbons (Fsp3) is 0.250. The van der Waals surface area contributed by atoms with Crippen molar-refractivity contribution >= 4 is 11.7 Å². The number of pyridine rings is 1. The molecule has 34 heavy (non-hydrogen) atoms. The maximum Gasteiger partial charge on any atom is 0.341 e. The molecule has 0 bridgehead atoms. The van der Waals surface area contributed by atoms with Gasteiger partial charge < -0.3 is 14.7 Å². The number of ether oxygens (including phenoxy) is 1. The molecule has 1 unspecified atom stereocenters. The number of carboxylic acids is 1. The first-order valence-corrected chi connectivity index (χ1v) is 11.4. The summed E-state index contributed by atoms with van der Waals surface area (Å²) >= 11 is 0. The summed E-state index contributed by atoms with van der Waals surface area (Å²) in [4.78, 5) is 20.9. The molecule has 6 heteroatoms. The van der Waals surface area contributed by atoms with E-state index < -0.39 is 5.97 Å². The molecule has 1 atom stereocenters. The largest absolute Gasteiger partial charge is 0.482 e. The standard InChI is InChI=1S/C28H28N2O4/c1-20(30-34-28(22-6-3-2-4-7-22)23-14-16-29-17-15-23)10-11-21-12-13-25-24(18-21)8-5-9-26(25)33-19-27(31)32/h2-9,11,14-17,28H,10,12-13,18-19H2,1H3,(H,31,32). The lowest BCUT2D eigenvalue weighted by molar-refractivity contribution is -0.139. The van der Waals surface area contributed by atoms with Gasteiger partial charge >= 0.3 is 5.97 Å². The van der Waals surface area contributed by atoms with Crippen LogP contribution < -0.4 is 4.74 Å². The molecule has 1 aliphatic rings. The molecule has 2 aromatic carbocycles. The van der Waals surface area contributed by atoms with Crippen molar-refractivity contribution in [2.45, 2.75) is 38.7 Å². The maximum atomic E-state index is 10.8. The molecule has 0 aliphatic heterocycles. The Morgan fingerprint density at radius 2 is 1.82 bits per heavy atom. The zero-order valence-electron chi connectivity index (χ0n) is 19.2. The highest BCUT2D eigenvalue weighted by Gasteiger charge is 2.18. The van der Waals surface area contributed by atoms with Gasteiger partial charge in [-0.3, -0.25) is 4.98 Å². The summed E-state index contributed by atoms with van der Waals surface area (Å²) in [7, 11) is 0. The van der Waals surface area contributed by atoms with Crippen LogP contribution in [0.5, 0.6) is 5.75 Å². The minimum atomic E-state index is -0.968. The van der Waals surface area contributed by atoms with E-state index in [4.69, 9.17) is 14.7 Å². The van der Waals surface area contributed by atoms with Gasteiger partial charge in [0.25, 0.3) is 0 Å². The van der Waals surface area contributed by atoms with Crippen molar-refractivity contribution in [1.29, 1.82) is 0 Å². The first kappa shape index (κ1) is 23.2. The van der Waals surface area contributed by atoms with Crippen LogP contribution in [-0.4, -0.2) is 28.4 Å².